The Kier molecular flexibility index (Phi) is 4.85. The maximum absolute atomic E-state index is 13.0. The number of primary amides is 1. The molecule has 0 fully saturated rings. The van der Waals surface area contributed by atoms with Crippen molar-refractivity contribution < 1.29 is 18.7 Å². The van der Waals surface area contributed by atoms with Gasteiger partial charge in [0.25, 0.3) is 5.91 Å². The number of aromatic nitrogens is 1. The Bertz CT molecular complexity index is 894. The van der Waals surface area contributed by atoms with Gasteiger partial charge in [-0.3, -0.25) is 4.79 Å². The van der Waals surface area contributed by atoms with Crippen LogP contribution in [0.15, 0.2) is 60.0 Å². The van der Waals surface area contributed by atoms with Gasteiger partial charge in [-0.05, 0) is 24.3 Å². The summed E-state index contributed by atoms with van der Waals surface area (Å²) in [5, 5.41) is 2.06. The van der Waals surface area contributed by atoms with Crippen LogP contribution in [-0.4, -0.2) is 16.9 Å². The monoisotopic (exact) mass is 356 g/mol. The van der Waals surface area contributed by atoms with Gasteiger partial charge in [0.05, 0.1) is 0 Å². The van der Waals surface area contributed by atoms with Crippen molar-refractivity contribution in [1.82, 2.24) is 4.98 Å². The Hall–Kier alpha value is -3.06. The highest BCUT2D eigenvalue weighted by molar-refractivity contribution is 7.13. The average Bonchev–Trinajstić information content (AvgIpc) is 3.11. The van der Waals surface area contributed by atoms with Gasteiger partial charge in [0.1, 0.15) is 10.8 Å². The van der Waals surface area contributed by atoms with E-state index < -0.39 is 18.0 Å². The van der Waals surface area contributed by atoms with Crippen molar-refractivity contribution in [2.24, 2.45) is 5.73 Å². The van der Waals surface area contributed by atoms with Crippen LogP contribution < -0.4 is 5.73 Å². The van der Waals surface area contributed by atoms with E-state index in [1.165, 1.54) is 28.8 Å². The zero-order valence-electron chi connectivity index (χ0n) is 12.9. The maximum Gasteiger partial charge on any atom is 0.358 e. The molecular formula is C18H13FN2O3S. The number of carbonyl (C=O) groups excluding carboxylic acids is 2. The number of ether oxygens (including phenoxy) is 1. The molecule has 2 aromatic carbocycles. The predicted octanol–water partition coefficient (Wildman–Crippen LogP) is 3.33. The smallest absolute Gasteiger partial charge is 0.358 e. The number of hydrogen-bond acceptors (Lipinski definition) is 5. The first-order chi connectivity index (χ1) is 12.0. The summed E-state index contributed by atoms with van der Waals surface area (Å²) in [5.74, 6) is -1.88. The van der Waals surface area contributed by atoms with E-state index in [1.807, 2.05) is 0 Å². The van der Waals surface area contributed by atoms with E-state index in [9.17, 15) is 14.0 Å². The first-order valence-electron chi connectivity index (χ1n) is 7.31. The van der Waals surface area contributed by atoms with Gasteiger partial charge in [-0.25, -0.2) is 14.2 Å². The molecule has 3 rings (SSSR count). The number of halogens is 1. The lowest BCUT2D eigenvalue weighted by Gasteiger charge is -2.14. The SMILES string of the molecule is NC(=O)[C@@H](OC(=O)c1csc(-c2ccc(F)cc2)n1)c1ccccc1. The van der Waals surface area contributed by atoms with Gasteiger partial charge in [-0.2, -0.15) is 0 Å². The molecule has 5 nitrogen and oxygen atoms in total. The lowest BCUT2D eigenvalue weighted by Crippen LogP contribution is -2.26. The third-order valence-electron chi connectivity index (χ3n) is 3.39. The lowest BCUT2D eigenvalue weighted by molar-refractivity contribution is -0.127. The quantitative estimate of drug-likeness (QED) is 0.711. The molecule has 1 amide bonds. The summed E-state index contributed by atoms with van der Waals surface area (Å²) in [6.07, 6.45) is -1.19. The molecule has 3 aromatic rings. The summed E-state index contributed by atoms with van der Waals surface area (Å²) >= 11 is 1.22. The van der Waals surface area contributed by atoms with Gasteiger partial charge in [-0.1, -0.05) is 30.3 Å². The van der Waals surface area contributed by atoms with E-state index in [-0.39, 0.29) is 11.5 Å². The van der Waals surface area contributed by atoms with Crippen LogP contribution in [-0.2, 0) is 9.53 Å². The topological polar surface area (TPSA) is 82.3 Å². The fourth-order valence-electron chi connectivity index (χ4n) is 2.18. The third kappa shape index (κ3) is 3.89. The molecule has 126 valence electrons. The summed E-state index contributed by atoms with van der Waals surface area (Å²) in [7, 11) is 0. The van der Waals surface area contributed by atoms with Crippen molar-refractivity contribution in [2.45, 2.75) is 6.10 Å². The van der Waals surface area contributed by atoms with Gasteiger partial charge in [0.2, 0.25) is 6.10 Å². The fourth-order valence-corrected chi connectivity index (χ4v) is 2.97. The standard InChI is InChI=1S/C18H13FN2O3S/c19-13-8-6-12(7-9-13)17-21-14(10-25-17)18(23)24-15(16(20)22)11-4-2-1-3-5-11/h1-10,15H,(H2,20,22)/t15-/m0/s1. The Balaban J connectivity index is 1.79. The molecule has 7 heteroatoms. The number of rotatable bonds is 5. The molecule has 0 aliphatic carbocycles. The molecule has 1 heterocycles. The van der Waals surface area contributed by atoms with Crippen molar-refractivity contribution in [1.29, 1.82) is 0 Å². The van der Waals surface area contributed by atoms with E-state index in [0.717, 1.165) is 0 Å². The van der Waals surface area contributed by atoms with Crippen molar-refractivity contribution in [3.05, 3.63) is 77.1 Å². The second kappa shape index (κ2) is 7.23. The Morgan fingerprint density at radius 3 is 2.40 bits per heavy atom. The van der Waals surface area contributed by atoms with E-state index in [2.05, 4.69) is 4.98 Å². The van der Waals surface area contributed by atoms with Gasteiger partial charge >= 0.3 is 5.97 Å². The summed E-state index contributed by atoms with van der Waals surface area (Å²) in [5.41, 5.74) is 6.56. The highest BCUT2D eigenvalue weighted by Gasteiger charge is 2.24. The van der Waals surface area contributed by atoms with Gasteiger partial charge in [0.15, 0.2) is 5.69 Å². The number of nitrogens with two attached hydrogens (primary N) is 1. The van der Waals surface area contributed by atoms with E-state index >= 15 is 0 Å². The van der Waals surface area contributed by atoms with Crippen molar-refractivity contribution in [3.63, 3.8) is 0 Å². The first-order valence-corrected chi connectivity index (χ1v) is 8.19. The molecule has 0 radical (unpaired) electrons. The van der Waals surface area contributed by atoms with Gasteiger partial charge in [0, 0.05) is 16.5 Å². The summed E-state index contributed by atoms with van der Waals surface area (Å²) in [6, 6.07) is 14.3. The molecular weight excluding hydrogens is 343 g/mol. The summed E-state index contributed by atoms with van der Waals surface area (Å²) in [6.45, 7) is 0. The zero-order chi connectivity index (χ0) is 17.8. The number of hydrogen-bond donors (Lipinski definition) is 1. The molecule has 0 aliphatic heterocycles. The lowest BCUT2D eigenvalue weighted by atomic mass is 10.1. The minimum absolute atomic E-state index is 0.0616. The summed E-state index contributed by atoms with van der Waals surface area (Å²) in [4.78, 5) is 28.1. The van der Waals surface area contributed by atoms with Crippen LogP contribution in [0.1, 0.15) is 22.2 Å². The highest BCUT2D eigenvalue weighted by atomic mass is 32.1. The largest absolute Gasteiger partial charge is 0.443 e. The highest BCUT2D eigenvalue weighted by Crippen LogP contribution is 2.25. The van der Waals surface area contributed by atoms with E-state index in [4.69, 9.17) is 10.5 Å². The molecule has 0 saturated carbocycles. The fraction of sp³-hybridized carbons (Fsp3) is 0.0556. The minimum atomic E-state index is -1.19. The molecule has 2 N–H and O–H groups in total. The second-order valence-electron chi connectivity index (χ2n) is 5.14. The number of benzene rings is 2. The van der Waals surface area contributed by atoms with Crippen LogP contribution in [0.4, 0.5) is 4.39 Å². The van der Waals surface area contributed by atoms with Crippen LogP contribution in [0.5, 0.6) is 0 Å². The second-order valence-corrected chi connectivity index (χ2v) is 6.00. The van der Waals surface area contributed by atoms with Crippen LogP contribution in [0.3, 0.4) is 0 Å². The van der Waals surface area contributed by atoms with E-state index in [1.54, 1.807) is 42.5 Å². The summed E-state index contributed by atoms with van der Waals surface area (Å²) < 4.78 is 18.2. The van der Waals surface area contributed by atoms with Crippen molar-refractivity contribution in [3.8, 4) is 10.6 Å². The number of carbonyl (C=O) groups is 2. The molecule has 1 atom stereocenters. The number of amides is 1. The minimum Gasteiger partial charge on any atom is -0.443 e. The van der Waals surface area contributed by atoms with Crippen molar-refractivity contribution >= 4 is 23.2 Å². The maximum atomic E-state index is 13.0. The van der Waals surface area contributed by atoms with Gasteiger partial charge < -0.3 is 10.5 Å². The number of nitrogens with zero attached hydrogens (tertiary/aromatic N) is 1. The van der Waals surface area contributed by atoms with E-state index in [0.29, 0.717) is 16.1 Å². The zero-order valence-corrected chi connectivity index (χ0v) is 13.7. The van der Waals surface area contributed by atoms with Crippen LogP contribution in [0.25, 0.3) is 10.6 Å². The molecule has 0 bridgehead atoms. The molecule has 0 aliphatic rings. The normalized spacial score (nSPS) is 11.7. The third-order valence-corrected chi connectivity index (χ3v) is 4.28. The Morgan fingerprint density at radius 2 is 1.76 bits per heavy atom. The molecule has 25 heavy (non-hydrogen) atoms. The van der Waals surface area contributed by atoms with Crippen LogP contribution in [0.2, 0.25) is 0 Å². The Morgan fingerprint density at radius 1 is 1.08 bits per heavy atom. The first kappa shape index (κ1) is 16.8. The Labute approximate surface area is 146 Å². The van der Waals surface area contributed by atoms with Crippen LogP contribution in [0, 0.1) is 5.82 Å². The van der Waals surface area contributed by atoms with Crippen molar-refractivity contribution in [2.75, 3.05) is 0 Å². The molecule has 1 aromatic heterocycles. The molecule has 0 spiro atoms. The number of esters is 1. The average molecular weight is 356 g/mol. The van der Waals surface area contributed by atoms with Gasteiger partial charge in [-0.15, -0.1) is 11.3 Å². The number of thiazole rings is 1. The molecule has 0 saturated heterocycles. The molecule has 0 unspecified atom stereocenters. The van der Waals surface area contributed by atoms with Crippen LogP contribution >= 0.6 is 11.3 Å². The predicted molar refractivity (Wildman–Crippen MR) is 91.3 cm³/mol.